The van der Waals surface area contributed by atoms with E-state index in [0.717, 1.165) is 8.26 Å². The van der Waals surface area contributed by atoms with Crippen molar-refractivity contribution >= 4 is 54.7 Å². The van der Waals surface area contributed by atoms with Gasteiger partial charge in [0.25, 0.3) is 0 Å². The number of hydrogen-bond acceptors (Lipinski definition) is 3. The summed E-state index contributed by atoms with van der Waals surface area (Å²) in [5.41, 5.74) is 7.57. The molecule has 1 heterocycles. The number of rotatable bonds is 2. The molecule has 0 aliphatic carbocycles. The number of ketones is 1. The predicted molar refractivity (Wildman–Crippen MR) is 74.0 cm³/mol. The largest absolute Gasteiger partial charge is 0.399 e. The molecule has 2 nitrogen and oxygen atoms in total. The lowest BCUT2D eigenvalue weighted by Gasteiger charge is -2.02. The Bertz CT molecular complexity index is 551. The Morgan fingerprint density at radius 3 is 2.56 bits per heavy atom. The predicted octanol–water partition coefficient (Wildman–Crippen LogP) is 4.09. The summed E-state index contributed by atoms with van der Waals surface area (Å²) in [5, 5.41) is 1.83. The van der Waals surface area contributed by atoms with Crippen LogP contribution in [0.25, 0.3) is 0 Å². The Morgan fingerprint density at radius 1 is 1.25 bits per heavy atom. The maximum atomic E-state index is 12.1. The number of nitrogens with two attached hydrogens (primary N) is 1. The molecular weight excluding hydrogens is 354 g/mol. The first kappa shape index (κ1) is 11.8. The minimum atomic E-state index is -0.00572. The van der Waals surface area contributed by atoms with Gasteiger partial charge in [0, 0.05) is 26.7 Å². The van der Waals surface area contributed by atoms with Crippen LogP contribution in [0.5, 0.6) is 0 Å². The maximum Gasteiger partial charge on any atom is 0.195 e. The Kier molecular flexibility index (Phi) is 3.47. The van der Waals surface area contributed by atoms with E-state index in [1.54, 1.807) is 18.2 Å². The van der Waals surface area contributed by atoms with Gasteiger partial charge < -0.3 is 5.73 Å². The van der Waals surface area contributed by atoms with E-state index >= 15 is 0 Å². The van der Waals surface area contributed by atoms with Gasteiger partial charge in [-0.1, -0.05) is 0 Å². The van der Waals surface area contributed by atoms with E-state index in [9.17, 15) is 4.79 Å². The van der Waals surface area contributed by atoms with Crippen LogP contribution in [0.3, 0.4) is 0 Å². The first-order valence-electron chi connectivity index (χ1n) is 4.41. The molecule has 0 saturated carbocycles. The second kappa shape index (κ2) is 4.69. The zero-order valence-corrected chi connectivity index (χ0v) is 12.0. The van der Waals surface area contributed by atoms with Crippen LogP contribution in [-0.4, -0.2) is 5.78 Å². The molecule has 2 aromatic rings. The van der Waals surface area contributed by atoms with Crippen molar-refractivity contribution in [2.24, 2.45) is 0 Å². The minimum absolute atomic E-state index is 0.00572. The van der Waals surface area contributed by atoms with Crippen LogP contribution >= 0.6 is 43.2 Å². The number of carbonyl (C=O) groups is 1. The molecule has 1 aromatic carbocycles. The molecule has 1 aromatic heterocycles. The van der Waals surface area contributed by atoms with Crippen LogP contribution < -0.4 is 5.73 Å². The molecule has 0 spiro atoms. The molecule has 0 atom stereocenters. The fraction of sp³-hybridized carbons (Fsp3) is 0. The standard InChI is InChI=1S/C11H7Br2NOS/c12-9-4-7(14)1-2-8(9)11(15)6-3-10(13)16-5-6/h1-5H,14H2. The Balaban J connectivity index is 2.41. The number of nitrogen functional groups attached to an aromatic ring is 1. The van der Waals surface area contributed by atoms with Crippen molar-refractivity contribution in [3.8, 4) is 0 Å². The molecule has 82 valence electrons. The molecule has 0 aliphatic rings. The highest BCUT2D eigenvalue weighted by Gasteiger charge is 2.13. The zero-order chi connectivity index (χ0) is 11.7. The van der Waals surface area contributed by atoms with E-state index in [1.165, 1.54) is 11.3 Å². The summed E-state index contributed by atoms with van der Waals surface area (Å²) in [6.07, 6.45) is 0. The Hall–Kier alpha value is -0.650. The van der Waals surface area contributed by atoms with Crippen LogP contribution in [0.2, 0.25) is 0 Å². The SMILES string of the molecule is Nc1ccc(C(=O)c2csc(Br)c2)c(Br)c1. The fourth-order valence-corrected chi connectivity index (χ4v) is 3.01. The van der Waals surface area contributed by atoms with E-state index in [4.69, 9.17) is 5.73 Å². The van der Waals surface area contributed by atoms with E-state index in [2.05, 4.69) is 31.9 Å². The minimum Gasteiger partial charge on any atom is -0.399 e. The van der Waals surface area contributed by atoms with E-state index < -0.39 is 0 Å². The number of halogens is 2. The maximum absolute atomic E-state index is 12.1. The summed E-state index contributed by atoms with van der Waals surface area (Å²) >= 11 is 8.17. The van der Waals surface area contributed by atoms with Gasteiger partial charge in [-0.15, -0.1) is 11.3 Å². The lowest BCUT2D eigenvalue weighted by Crippen LogP contribution is -2.01. The van der Waals surface area contributed by atoms with Crippen molar-refractivity contribution in [3.05, 3.63) is 49.0 Å². The van der Waals surface area contributed by atoms with Gasteiger partial charge in [0.1, 0.15) is 0 Å². The monoisotopic (exact) mass is 359 g/mol. The van der Waals surface area contributed by atoms with E-state index in [-0.39, 0.29) is 5.78 Å². The Morgan fingerprint density at radius 2 is 2.00 bits per heavy atom. The van der Waals surface area contributed by atoms with Gasteiger partial charge in [-0.25, -0.2) is 0 Å². The highest BCUT2D eigenvalue weighted by molar-refractivity contribution is 9.11. The van der Waals surface area contributed by atoms with Gasteiger partial charge in [-0.2, -0.15) is 0 Å². The fourth-order valence-electron chi connectivity index (χ4n) is 1.30. The lowest BCUT2D eigenvalue weighted by atomic mass is 10.1. The normalized spacial score (nSPS) is 10.4. The van der Waals surface area contributed by atoms with Gasteiger partial charge in [0.2, 0.25) is 0 Å². The van der Waals surface area contributed by atoms with Crippen molar-refractivity contribution in [1.82, 2.24) is 0 Å². The van der Waals surface area contributed by atoms with Crippen molar-refractivity contribution in [3.63, 3.8) is 0 Å². The average Bonchev–Trinajstić information content (AvgIpc) is 2.64. The number of benzene rings is 1. The summed E-state index contributed by atoms with van der Waals surface area (Å²) in [7, 11) is 0. The number of hydrogen-bond donors (Lipinski definition) is 1. The summed E-state index contributed by atoms with van der Waals surface area (Å²) in [5.74, 6) is -0.00572. The molecule has 2 rings (SSSR count). The van der Waals surface area contributed by atoms with Crippen molar-refractivity contribution in [2.75, 3.05) is 5.73 Å². The molecule has 0 radical (unpaired) electrons. The highest BCUT2D eigenvalue weighted by Crippen LogP contribution is 2.26. The topological polar surface area (TPSA) is 43.1 Å². The number of carbonyl (C=O) groups excluding carboxylic acids is 1. The van der Waals surface area contributed by atoms with Crippen LogP contribution in [0.1, 0.15) is 15.9 Å². The summed E-state index contributed by atoms with van der Waals surface area (Å²) in [6, 6.07) is 7.00. The van der Waals surface area contributed by atoms with E-state index in [0.29, 0.717) is 16.8 Å². The van der Waals surface area contributed by atoms with Crippen molar-refractivity contribution in [1.29, 1.82) is 0 Å². The van der Waals surface area contributed by atoms with Crippen LogP contribution in [0, 0.1) is 0 Å². The summed E-state index contributed by atoms with van der Waals surface area (Å²) < 4.78 is 1.67. The molecule has 0 saturated heterocycles. The van der Waals surface area contributed by atoms with E-state index in [1.807, 2.05) is 11.4 Å². The van der Waals surface area contributed by atoms with Crippen molar-refractivity contribution < 1.29 is 4.79 Å². The third kappa shape index (κ3) is 2.36. The van der Waals surface area contributed by atoms with Gasteiger partial charge in [0.15, 0.2) is 5.78 Å². The zero-order valence-electron chi connectivity index (χ0n) is 8.04. The second-order valence-corrected chi connectivity index (χ2v) is 6.35. The molecule has 0 unspecified atom stereocenters. The lowest BCUT2D eigenvalue weighted by molar-refractivity contribution is 0.103. The second-order valence-electron chi connectivity index (χ2n) is 3.21. The van der Waals surface area contributed by atoms with Crippen molar-refractivity contribution in [2.45, 2.75) is 0 Å². The summed E-state index contributed by atoms with van der Waals surface area (Å²) in [4.78, 5) is 12.1. The van der Waals surface area contributed by atoms with Crippen LogP contribution in [0.15, 0.2) is 37.9 Å². The molecule has 5 heteroatoms. The molecule has 16 heavy (non-hydrogen) atoms. The highest BCUT2D eigenvalue weighted by atomic mass is 79.9. The molecule has 0 amide bonds. The number of anilines is 1. The average molecular weight is 361 g/mol. The summed E-state index contributed by atoms with van der Waals surface area (Å²) in [6.45, 7) is 0. The smallest absolute Gasteiger partial charge is 0.195 e. The third-order valence-electron chi connectivity index (χ3n) is 2.07. The molecular formula is C11H7Br2NOS. The van der Waals surface area contributed by atoms with Gasteiger partial charge in [-0.05, 0) is 56.1 Å². The van der Waals surface area contributed by atoms with Crippen LogP contribution in [0.4, 0.5) is 5.69 Å². The third-order valence-corrected chi connectivity index (χ3v) is 4.23. The number of thiophene rings is 1. The van der Waals surface area contributed by atoms with Gasteiger partial charge in [0.05, 0.1) is 3.79 Å². The van der Waals surface area contributed by atoms with Gasteiger partial charge >= 0.3 is 0 Å². The quantitative estimate of drug-likeness (QED) is 0.647. The van der Waals surface area contributed by atoms with Crippen LogP contribution in [-0.2, 0) is 0 Å². The molecule has 2 N–H and O–H groups in total. The Labute approximate surface area is 114 Å². The molecule has 0 fully saturated rings. The first-order chi connectivity index (χ1) is 7.58. The molecule has 0 aliphatic heterocycles. The van der Waals surface area contributed by atoms with Gasteiger partial charge in [-0.3, -0.25) is 4.79 Å². The first-order valence-corrected chi connectivity index (χ1v) is 6.88. The molecule has 0 bridgehead atoms.